The monoisotopic (exact) mass is 376 g/mol. The Kier molecular flexibility index (Phi) is 5.57. The van der Waals surface area contributed by atoms with E-state index in [4.69, 9.17) is 20.9 Å². The van der Waals surface area contributed by atoms with E-state index < -0.39 is 5.97 Å². The summed E-state index contributed by atoms with van der Waals surface area (Å²) in [5.41, 5.74) is 0.509. The fourth-order valence-electron chi connectivity index (χ4n) is 2.03. The number of carbonyl (C=O) groups is 2. The van der Waals surface area contributed by atoms with E-state index in [1.807, 2.05) is 17.5 Å². The summed E-state index contributed by atoms with van der Waals surface area (Å²) in [7, 11) is 0. The number of halogens is 1. The van der Waals surface area contributed by atoms with Gasteiger partial charge in [0, 0.05) is 17.0 Å². The van der Waals surface area contributed by atoms with Crippen molar-refractivity contribution in [2.45, 2.75) is 19.4 Å². The van der Waals surface area contributed by atoms with Crippen molar-refractivity contribution < 1.29 is 18.8 Å². The van der Waals surface area contributed by atoms with Crippen molar-refractivity contribution in [3.63, 3.8) is 0 Å². The van der Waals surface area contributed by atoms with Gasteiger partial charge in [0.1, 0.15) is 0 Å². The molecule has 3 rings (SSSR count). The van der Waals surface area contributed by atoms with E-state index in [0.717, 1.165) is 4.88 Å². The minimum absolute atomic E-state index is 0.0205. The molecule has 0 aliphatic heterocycles. The van der Waals surface area contributed by atoms with Crippen molar-refractivity contribution >= 4 is 34.7 Å². The average Bonchev–Trinajstić information content (AvgIpc) is 3.29. The van der Waals surface area contributed by atoms with Crippen LogP contribution < -0.4 is 0 Å². The lowest BCUT2D eigenvalue weighted by Gasteiger charge is -2.02. The van der Waals surface area contributed by atoms with Gasteiger partial charge in [0.15, 0.2) is 12.4 Å². The van der Waals surface area contributed by atoms with E-state index in [0.29, 0.717) is 16.4 Å². The Balaban J connectivity index is 1.45. The summed E-state index contributed by atoms with van der Waals surface area (Å²) >= 11 is 7.26. The zero-order valence-corrected chi connectivity index (χ0v) is 14.5. The standard InChI is InChI=1S/C17H13ClN2O4S/c18-12-5-3-11(4-6-12)13(21)7-8-16(22)23-10-15-19-17(20-24-15)14-2-1-9-25-14/h1-6,9H,7-8,10H2. The minimum Gasteiger partial charge on any atom is -0.456 e. The largest absolute Gasteiger partial charge is 0.456 e. The van der Waals surface area contributed by atoms with Gasteiger partial charge in [0.05, 0.1) is 11.3 Å². The maximum Gasteiger partial charge on any atom is 0.306 e. The Morgan fingerprint density at radius 2 is 1.96 bits per heavy atom. The van der Waals surface area contributed by atoms with E-state index in [9.17, 15) is 9.59 Å². The molecule has 1 aromatic carbocycles. The van der Waals surface area contributed by atoms with E-state index in [2.05, 4.69) is 10.1 Å². The van der Waals surface area contributed by atoms with Gasteiger partial charge in [-0.05, 0) is 35.7 Å². The lowest BCUT2D eigenvalue weighted by molar-refractivity contribution is -0.145. The van der Waals surface area contributed by atoms with Crippen LogP contribution >= 0.6 is 22.9 Å². The first-order chi connectivity index (χ1) is 12.1. The molecule has 2 heterocycles. The first kappa shape index (κ1) is 17.3. The number of thiophene rings is 1. The SMILES string of the molecule is O=C(CCC(=O)c1ccc(Cl)cc1)OCc1nc(-c2cccs2)no1. The van der Waals surface area contributed by atoms with Gasteiger partial charge in [0.25, 0.3) is 5.89 Å². The molecule has 0 radical (unpaired) electrons. The molecule has 0 spiro atoms. The molecule has 0 bridgehead atoms. The van der Waals surface area contributed by atoms with Gasteiger partial charge in [-0.3, -0.25) is 9.59 Å². The fourth-order valence-corrected chi connectivity index (χ4v) is 2.80. The Labute approximate surface area is 152 Å². The number of rotatable bonds is 7. The van der Waals surface area contributed by atoms with Crippen molar-refractivity contribution in [2.24, 2.45) is 0 Å². The first-order valence-electron chi connectivity index (χ1n) is 7.42. The highest BCUT2D eigenvalue weighted by Crippen LogP contribution is 2.21. The lowest BCUT2D eigenvalue weighted by Crippen LogP contribution is -2.08. The molecule has 0 saturated carbocycles. The topological polar surface area (TPSA) is 82.3 Å². The smallest absolute Gasteiger partial charge is 0.306 e. The van der Waals surface area contributed by atoms with Crippen LogP contribution in [-0.2, 0) is 16.1 Å². The van der Waals surface area contributed by atoms with Crippen LogP contribution in [0.25, 0.3) is 10.7 Å². The molecule has 0 N–H and O–H groups in total. The second-order valence-electron chi connectivity index (χ2n) is 5.08. The average molecular weight is 377 g/mol. The summed E-state index contributed by atoms with van der Waals surface area (Å²) in [6.07, 6.45) is 0.0398. The van der Waals surface area contributed by atoms with Crippen molar-refractivity contribution in [3.05, 3.63) is 58.3 Å². The van der Waals surface area contributed by atoms with Gasteiger partial charge in [-0.15, -0.1) is 11.3 Å². The van der Waals surface area contributed by atoms with Crippen LogP contribution in [0.3, 0.4) is 0 Å². The molecule has 2 aromatic heterocycles. The Bertz CT molecular complexity index is 859. The van der Waals surface area contributed by atoms with Gasteiger partial charge in [-0.2, -0.15) is 4.98 Å². The Hall–Kier alpha value is -2.51. The van der Waals surface area contributed by atoms with Crippen LogP contribution in [-0.4, -0.2) is 21.9 Å². The molecule has 6 nitrogen and oxygen atoms in total. The second-order valence-corrected chi connectivity index (χ2v) is 6.46. The number of Topliss-reactive ketones (excluding diaryl/α,β-unsaturated/α-hetero) is 1. The Morgan fingerprint density at radius 1 is 1.16 bits per heavy atom. The number of ketones is 1. The molecular weight excluding hydrogens is 364 g/mol. The number of hydrogen-bond donors (Lipinski definition) is 0. The van der Waals surface area contributed by atoms with Crippen molar-refractivity contribution in [1.29, 1.82) is 0 Å². The quantitative estimate of drug-likeness (QED) is 0.455. The molecule has 128 valence electrons. The highest BCUT2D eigenvalue weighted by atomic mass is 35.5. The predicted molar refractivity (Wildman–Crippen MR) is 92.4 cm³/mol. The molecule has 0 saturated heterocycles. The molecule has 0 amide bonds. The predicted octanol–water partition coefficient (Wildman–Crippen LogP) is 4.16. The van der Waals surface area contributed by atoms with E-state index in [-0.39, 0.29) is 31.1 Å². The molecule has 8 heteroatoms. The number of benzene rings is 1. The van der Waals surface area contributed by atoms with E-state index >= 15 is 0 Å². The van der Waals surface area contributed by atoms with Crippen molar-refractivity contribution in [2.75, 3.05) is 0 Å². The van der Waals surface area contributed by atoms with E-state index in [1.165, 1.54) is 11.3 Å². The summed E-state index contributed by atoms with van der Waals surface area (Å²) in [6.45, 7) is -0.119. The summed E-state index contributed by atoms with van der Waals surface area (Å²) < 4.78 is 10.1. The Morgan fingerprint density at radius 3 is 2.68 bits per heavy atom. The van der Waals surface area contributed by atoms with Crippen LogP contribution in [0.4, 0.5) is 0 Å². The van der Waals surface area contributed by atoms with Gasteiger partial charge < -0.3 is 9.26 Å². The van der Waals surface area contributed by atoms with Crippen LogP contribution in [0.15, 0.2) is 46.3 Å². The second kappa shape index (κ2) is 8.04. The van der Waals surface area contributed by atoms with Gasteiger partial charge in [-0.1, -0.05) is 22.8 Å². The number of hydrogen-bond acceptors (Lipinski definition) is 7. The minimum atomic E-state index is -0.502. The third-order valence-corrected chi connectivity index (χ3v) is 4.41. The number of esters is 1. The van der Waals surface area contributed by atoms with Gasteiger partial charge in [-0.25, -0.2) is 0 Å². The first-order valence-corrected chi connectivity index (χ1v) is 8.68. The van der Waals surface area contributed by atoms with E-state index in [1.54, 1.807) is 24.3 Å². The third-order valence-electron chi connectivity index (χ3n) is 3.29. The van der Waals surface area contributed by atoms with Crippen LogP contribution in [0.2, 0.25) is 5.02 Å². The molecule has 0 fully saturated rings. The van der Waals surface area contributed by atoms with Crippen molar-refractivity contribution in [1.82, 2.24) is 10.1 Å². The normalized spacial score (nSPS) is 10.6. The molecule has 3 aromatic rings. The lowest BCUT2D eigenvalue weighted by atomic mass is 10.1. The fraction of sp³-hybridized carbons (Fsp3) is 0.176. The molecule has 0 unspecified atom stereocenters. The van der Waals surface area contributed by atoms with Gasteiger partial charge in [0.2, 0.25) is 5.82 Å². The highest BCUT2D eigenvalue weighted by molar-refractivity contribution is 7.13. The van der Waals surface area contributed by atoms with Crippen molar-refractivity contribution in [3.8, 4) is 10.7 Å². The van der Waals surface area contributed by atoms with Crippen LogP contribution in [0.5, 0.6) is 0 Å². The van der Waals surface area contributed by atoms with Crippen LogP contribution in [0.1, 0.15) is 29.1 Å². The third kappa shape index (κ3) is 4.74. The maximum atomic E-state index is 12.0. The molecule has 25 heavy (non-hydrogen) atoms. The summed E-state index contributed by atoms with van der Waals surface area (Å²) in [5, 5.41) is 6.28. The van der Waals surface area contributed by atoms with Gasteiger partial charge >= 0.3 is 5.97 Å². The highest BCUT2D eigenvalue weighted by Gasteiger charge is 2.13. The summed E-state index contributed by atoms with van der Waals surface area (Å²) in [5.74, 6) is 0.0179. The number of carbonyl (C=O) groups excluding carboxylic acids is 2. The molecule has 0 aliphatic carbocycles. The number of aromatic nitrogens is 2. The zero-order valence-electron chi connectivity index (χ0n) is 13.0. The zero-order chi connectivity index (χ0) is 17.6. The molecule has 0 aliphatic rings. The summed E-state index contributed by atoms with van der Waals surface area (Å²) in [4.78, 5) is 28.8. The van der Waals surface area contributed by atoms with Crippen LogP contribution in [0, 0.1) is 0 Å². The maximum absolute atomic E-state index is 12.0. The number of nitrogens with zero attached hydrogens (tertiary/aromatic N) is 2. The summed E-state index contributed by atoms with van der Waals surface area (Å²) in [6, 6.07) is 10.3. The number of ether oxygens (including phenoxy) is 1. The molecule has 0 atom stereocenters. The molecular formula is C17H13ClN2O4S.